The molecule has 5 nitrogen and oxygen atoms in total. The minimum Gasteiger partial charge on any atom is -0.504 e. The fraction of sp³-hybridized carbons (Fsp3) is 0.588. The number of nitriles is 1. The highest BCUT2D eigenvalue weighted by Crippen LogP contribution is 2.41. The number of hydrogen-bond donors (Lipinski definition) is 2. The Balaban J connectivity index is 2.47. The third-order valence-corrected chi connectivity index (χ3v) is 4.14. The predicted octanol–water partition coefficient (Wildman–Crippen LogP) is 2.26. The molecule has 1 fully saturated rings. The van der Waals surface area contributed by atoms with Gasteiger partial charge in [-0.3, -0.25) is 4.90 Å². The Morgan fingerprint density at radius 2 is 2.05 bits per heavy atom. The fourth-order valence-electron chi connectivity index (χ4n) is 3.08. The first-order chi connectivity index (χ1) is 10.6. The highest BCUT2D eigenvalue weighted by Gasteiger charge is 2.29. The van der Waals surface area contributed by atoms with Crippen LogP contribution >= 0.6 is 0 Å². The minimum atomic E-state index is 0.0341. The lowest BCUT2D eigenvalue weighted by molar-refractivity contribution is 0.151. The Morgan fingerprint density at radius 1 is 1.36 bits per heavy atom. The Bertz CT molecular complexity index is 546. The standard InChI is InChI=1S/C17H25N3O2/c1-12(2)10-14(20-8-6-19-7-9-20)16-13(11-18)4-5-15(22-3)17(16)21/h4-5,12,14,19,21H,6-10H2,1-3H3/t14-/m1/s1. The Kier molecular flexibility index (Phi) is 5.64. The molecule has 5 heteroatoms. The van der Waals surface area contributed by atoms with Gasteiger partial charge in [0.15, 0.2) is 11.5 Å². The van der Waals surface area contributed by atoms with E-state index in [1.807, 2.05) is 0 Å². The topological polar surface area (TPSA) is 68.5 Å². The number of rotatable bonds is 5. The van der Waals surface area contributed by atoms with E-state index in [-0.39, 0.29) is 11.8 Å². The molecule has 0 amide bonds. The van der Waals surface area contributed by atoms with E-state index in [9.17, 15) is 10.4 Å². The van der Waals surface area contributed by atoms with Gasteiger partial charge in [-0.2, -0.15) is 5.26 Å². The first-order valence-corrected chi connectivity index (χ1v) is 7.83. The first-order valence-electron chi connectivity index (χ1n) is 7.83. The second-order valence-electron chi connectivity index (χ2n) is 6.12. The summed E-state index contributed by atoms with van der Waals surface area (Å²) in [4.78, 5) is 2.35. The van der Waals surface area contributed by atoms with Crippen molar-refractivity contribution in [3.8, 4) is 17.6 Å². The highest BCUT2D eigenvalue weighted by molar-refractivity contribution is 5.55. The molecule has 0 unspecified atom stereocenters. The van der Waals surface area contributed by atoms with Crippen molar-refractivity contribution in [1.29, 1.82) is 5.26 Å². The van der Waals surface area contributed by atoms with E-state index in [0.29, 0.717) is 22.8 Å². The molecule has 1 aliphatic rings. The second-order valence-corrected chi connectivity index (χ2v) is 6.12. The number of piperazine rings is 1. The largest absolute Gasteiger partial charge is 0.504 e. The maximum Gasteiger partial charge on any atom is 0.163 e. The van der Waals surface area contributed by atoms with Crippen LogP contribution in [-0.2, 0) is 0 Å². The third-order valence-electron chi connectivity index (χ3n) is 4.14. The molecule has 0 saturated carbocycles. The number of ether oxygens (including phenoxy) is 1. The molecule has 1 aliphatic heterocycles. The molecular formula is C17H25N3O2. The average molecular weight is 303 g/mol. The fourth-order valence-corrected chi connectivity index (χ4v) is 3.08. The number of aromatic hydroxyl groups is 1. The van der Waals surface area contributed by atoms with E-state index in [2.05, 4.69) is 30.1 Å². The van der Waals surface area contributed by atoms with Crippen LogP contribution in [0.5, 0.6) is 11.5 Å². The van der Waals surface area contributed by atoms with E-state index >= 15 is 0 Å². The minimum absolute atomic E-state index is 0.0341. The highest BCUT2D eigenvalue weighted by atomic mass is 16.5. The van der Waals surface area contributed by atoms with Crippen LogP contribution in [0.3, 0.4) is 0 Å². The van der Waals surface area contributed by atoms with Crippen LogP contribution in [0.1, 0.15) is 37.4 Å². The Labute approximate surface area is 132 Å². The summed E-state index contributed by atoms with van der Waals surface area (Å²) in [5.41, 5.74) is 1.24. The molecule has 1 aromatic carbocycles. The maximum absolute atomic E-state index is 10.6. The van der Waals surface area contributed by atoms with Gasteiger partial charge in [-0.15, -0.1) is 0 Å². The van der Waals surface area contributed by atoms with Gasteiger partial charge in [0.25, 0.3) is 0 Å². The van der Waals surface area contributed by atoms with Crippen molar-refractivity contribution in [1.82, 2.24) is 10.2 Å². The van der Waals surface area contributed by atoms with Crippen LogP contribution in [0.15, 0.2) is 12.1 Å². The zero-order chi connectivity index (χ0) is 16.1. The molecular weight excluding hydrogens is 278 g/mol. The Morgan fingerprint density at radius 3 is 2.59 bits per heavy atom. The van der Waals surface area contributed by atoms with Crippen LogP contribution in [0.4, 0.5) is 0 Å². The normalized spacial score (nSPS) is 17.2. The summed E-state index contributed by atoms with van der Waals surface area (Å²) in [6.45, 7) is 8.02. The molecule has 2 N–H and O–H groups in total. The summed E-state index contributed by atoms with van der Waals surface area (Å²) >= 11 is 0. The van der Waals surface area contributed by atoms with Crippen LogP contribution in [0, 0.1) is 17.2 Å². The van der Waals surface area contributed by atoms with Gasteiger partial charge in [0, 0.05) is 37.8 Å². The lowest BCUT2D eigenvalue weighted by Gasteiger charge is -2.37. The summed E-state index contributed by atoms with van der Waals surface area (Å²) in [6, 6.07) is 5.65. The van der Waals surface area contributed by atoms with Crippen LogP contribution in [-0.4, -0.2) is 43.3 Å². The predicted molar refractivity (Wildman–Crippen MR) is 86.0 cm³/mol. The number of methoxy groups -OCH3 is 1. The van der Waals surface area contributed by atoms with Crippen LogP contribution < -0.4 is 10.1 Å². The summed E-state index contributed by atoms with van der Waals surface area (Å²) in [5, 5.41) is 23.4. The molecule has 0 bridgehead atoms. The molecule has 0 spiro atoms. The summed E-state index contributed by atoms with van der Waals surface area (Å²) in [5.74, 6) is 1.00. The molecule has 1 atom stereocenters. The molecule has 0 aromatic heterocycles. The SMILES string of the molecule is COc1ccc(C#N)c([C@@H](CC(C)C)N2CCNCC2)c1O. The molecule has 0 aliphatic carbocycles. The van der Waals surface area contributed by atoms with Crippen LogP contribution in [0.2, 0.25) is 0 Å². The number of hydrogen-bond acceptors (Lipinski definition) is 5. The molecule has 0 radical (unpaired) electrons. The van der Waals surface area contributed by atoms with Gasteiger partial charge in [0.1, 0.15) is 0 Å². The van der Waals surface area contributed by atoms with Gasteiger partial charge in [0.05, 0.1) is 18.7 Å². The lowest BCUT2D eigenvalue weighted by Crippen LogP contribution is -2.45. The van der Waals surface area contributed by atoms with Gasteiger partial charge in [0.2, 0.25) is 0 Å². The lowest BCUT2D eigenvalue weighted by atomic mass is 9.91. The quantitative estimate of drug-likeness (QED) is 0.873. The van der Waals surface area contributed by atoms with Crippen molar-refractivity contribution in [3.05, 3.63) is 23.3 Å². The zero-order valence-electron chi connectivity index (χ0n) is 13.6. The maximum atomic E-state index is 10.6. The van der Waals surface area contributed by atoms with Gasteiger partial charge in [-0.05, 0) is 24.5 Å². The Hall–Kier alpha value is -1.77. The van der Waals surface area contributed by atoms with E-state index < -0.39 is 0 Å². The van der Waals surface area contributed by atoms with Crippen molar-refractivity contribution in [2.45, 2.75) is 26.3 Å². The smallest absolute Gasteiger partial charge is 0.163 e. The third kappa shape index (κ3) is 3.52. The summed E-state index contributed by atoms with van der Waals surface area (Å²) in [7, 11) is 1.53. The van der Waals surface area contributed by atoms with E-state index in [0.717, 1.165) is 32.6 Å². The van der Waals surface area contributed by atoms with Crippen molar-refractivity contribution in [3.63, 3.8) is 0 Å². The van der Waals surface area contributed by atoms with Crippen molar-refractivity contribution >= 4 is 0 Å². The van der Waals surface area contributed by atoms with Crippen molar-refractivity contribution in [2.75, 3.05) is 33.3 Å². The van der Waals surface area contributed by atoms with Gasteiger partial charge in [-0.1, -0.05) is 13.8 Å². The van der Waals surface area contributed by atoms with Gasteiger partial charge < -0.3 is 15.2 Å². The average Bonchev–Trinajstić information content (AvgIpc) is 2.53. The number of phenolic OH excluding ortho intramolecular Hbond substituents is 1. The molecule has 2 rings (SSSR count). The van der Waals surface area contributed by atoms with E-state index in [1.54, 1.807) is 12.1 Å². The first kappa shape index (κ1) is 16.6. The molecule has 120 valence electrons. The van der Waals surface area contributed by atoms with Crippen molar-refractivity contribution in [2.24, 2.45) is 5.92 Å². The number of benzene rings is 1. The number of nitrogens with one attached hydrogen (secondary N) is 1. The van der Waals surface area contributed by atoms with E-state index in [1.165, 1.54) is 7.11 Å². The zero-order valence-corrected chi connectivity index (χ0v) is 13.6. The van der Waals surface area contributed by atoms with Gasteiger partial charge >= 0.3 is 0 Å². The second kappa shape index (κ2) is 7.48. The number of nitrogens with zero attached hydrogens (tertiary/aromatic N) is 2. The summed E-state index contributed by atoms with van der Waals surface area (Å²) < 4.78 is 5.24. The van der Waals surface area contributed by atoms with E-state index in [4.69, 9.17) is 4.74 Å². The molecule has 1 saturated heterocycles. The van der Waals surface area contributed by atoms with Gasteiger partial charge in [-0.25, -0.2) is 0 Å². The molecule has 1 heterocycles. The van der Waals surface area contributed by atoms with Crippen molar-refractivity contribution < 1.29 is 9.84 Å². The monoisotopic (exact) mass is 303 g/mol. The molecule has 1 aromatic rings. The number of phenols is 1. The summed E-state index contributed by atoms with van der Waals surface area (Å²) in [6.07, 6.45) is 0.898. The molecule has 22 heavy (non-hydrogen) atoms. The van der Waals surface area contributed by atoms with Crippen LogP contribution in [0.25, 0.3) is 0 Å².